The van der Waals surface area contributed by atoms with Crippen LogP contribution in [0.5, 0.6) is 5.75 Å². The molecule has 5 rings (SSSR count). The molecular weight excluding hydrogens is 545 g/mol. The Morgan fingerprint density at radius 1 is 1.08 bits per heavy atom. The van der Waals surface area contributed by atoms with Crippen molar-refractivity contribution in [1.29, 1.82) is 0 Å². The Hall–Kier alpha value is -2.80. The first-order valence-corrected chi connectivity index (χ1v) is 16.0. The van der Waals surface area contributed by atoms with E-state index in [1.807, 2.05) is 0 Å². The van der Waals surface area contributed by atoms with Crippen LogP contribution in [-0.4, -0.2) is 57.1 Å². The summed E-state index contributed by atoms with van der Waals surface area (Å²) in [7, 11) is -6.44. The number of aromatic nitrogens is 2. The Bertz CT molecular complexity index is 1510. The zero-order chi connectivity index (χ0) is 27.6. The summed E-state index contributed by atoms with van der Waals surface area (Å²) in [6.45, 7) is 1.04. The Morgan fingerprint density at radius 2 is 1.82 bits per heavy atom. The number of sulfonamides is 1. The molecule has 0 amide bonds. The Balaban J connectivity index is 1.50. The topological polar surface area (TPSA) is 108 Å². The lowest BCUT2D eigenvalue weighted by molar-refractivity contribution is 0.0937. The highest BCUT2D eigenvalue weighted by Crippen LogP contribution is 2.33. The van der Waals surface area contributed by atoms with Crippen LogP contribution in [0.2, 0.25) is 0 Å². The van der Waals surface area contributed by atoms with Gasteiger partial charge in [-0.15, -0.1) is 0 Å². The molecule has 1 saturated carbocycles. The maximum atomic E-state index is 14.3. The van der Waals surface area contributed by atoms with Crippen molar-refractivity contribution in [1.82, 2.24) is 13.9 Å². The standard InChI is InChI=1S/C27H32FN3O6S2/c1-36-23-10-12-25(13-11-23)39(34,35)30(16-20-8-9-20)17-22-15-29-27(31(22)18-24-6-4-14-37-24)38(32,33)19-21-5-2-3-7-26(21)28/h2-3,5,7,10-13,15,20,24H,4,6,8-9,14,16-19H2,1H3. The van der Waals surface area contributed by atoms with E-state index in [9.17, 15) is 21.2 Å². The van der Waals surface area contributed by atoms with Crippen LogP contribution >= 0.6 is 0 Å². The van der Waals surface area contributed by atoms with Crippen LogP contribution in [0.15, 0.2) is 64.8 Å². The van der Waals surface area contributed by atoms with Crippen molar-refractivity contribution >= 4 is 19.9 Å². The predicted molar refractivity (Wildman–Crippen MR) is 142 cm³/mol. The van der Waals surface area contributed by atoms with E-state index in [1.165, 1.54) is 52.5 Å². The molecule has 0 radical (unpaired) electrons. The minimum Gasteiger partial charge on any atom is -0.497 e. The molecule has 2 aliphatic rings. The molecule has 1 saturated heterocycles. The molecule has 210 valence electrons. The largest absolute Gasteiger partial charge is 0.497 e. The van der Waals surface area contributed by atoms with Gasteiger partial charge >= 0.3 is 0 Å². The average molecular weight is 578 g/mol. The van der Waals surface area contributed by atoms with Gasteiger partial charge in [0, 0.05) is 18.7 Å². The van der Waals surface area contributed by atoms with Crippen molar-refractivity contribution in [2.45, 2.75) is 60.7 Å². The minimum atomic E-state index is -4.05. The lowest BCUT2D eigenvalue weighted by atomic mass is 10.2. The Labute approximate surface area is 228 Å². The summed E-state index contributed by atoms with van der Waals surface area (Å²) in [6.07, 6.45) is 4.66. The molecule has 0 N–H and O–H groups in total. The first-order valence-electron chi connectivity index (χ1n) is 12.9. The molecule has 1 aliphatic carbocycles. The molecular formula is C27H32FN3O6S2. The van der Waals surface area contributed by atoms with Crippen molar-refractivity contribution < 1.29 is 30.7 Å². The molecule has 9 nitrogen and oxygen atoms in total. The van der Waals surface area contributed by atoms with Gasteiger partial charge in [0.25, 0.3) is 0 Å². The van der Waals surface area contributed by atoms with Gasteiger partial charge in [0.1, 0.15) is 11.6 Å². The number of imidazole rings is 1. The number of sulfone groups is 1. The fourth-order valence-corrected chi connectivity index (χ4v) is 7.75. The second kappa shape index (κ2) is 11.4. The third kappa shape index (κ3) is 6.34. The molecule has 3 aromatic rings. The van der Waals surface area contributed by atoms with Gasteiger partial charge < -0.3 is 14.0 Å². The zero-order valence-corrected chi connectivity index (χ0v) is 23.3. The summed E-state index contributed by atoms with van der Waals surface area (Å²) in [6, 6.07) is 11.9. The molecule has 2 aromatic carbocycles. The Morgan fingerprint density at radius 3 is 2.46 bits per heavy atom. The van der Waals surface area contributed by atoms with Gasteiger partial charge in [0.05, 0.1) is 48.8 Å². The van der Waals surface area contributed by atoms with Crippen LogP contribution in [0.3, 0.4) is 0 Å². The number of halogens is 1. The smallest absolute Gasteiger partial charge is 0.243 e. The molecule has 1 aliphatic heterocycles. The third-order valence-corrected chi connectivity index (χ3v) is 10.5. The maximum Gasteiger partial charge on any atom is 0.243 e. The number of methoxy groups -OCH3 is 1. The van der Waals surface area contributed by atoms with Gasteiger partial charge in [0.15, 0.2) is 0 Å². The molecule has 2 fully saturated rings. The van der Waals surface area contributed by atoms with Crippen LogP contribution in [0.25, 0.3) is 0 Å². The summed E-state index contributed by atoms with van der Waals surface area (Å²) in [4.78, 5) is 4.37. The van der Waals surface area contributed by atoms with E-state index in [4.69, 9.17) is 9.47 Å². The number of benzene rings is 2. The summed E-state index contributed by atoms with van der Waals surface area (Å²) >= 11 is 0. The monoisotopic (exact) mass is 577 g/mol. The van der Waals surface area contributed by atoms with Crippen LogP contribution in [0.1, 0.15) is 36.9 Å². The van der Waals surface area contributed by atoms with E-state index in [0.717, 1.165) is 25.7 Å². The SMILES string of the molecule is COc1ccc(S(=O)(=O)N(Cc2cnc(S(=O)(=O)Cc3ccccc3F)n2CC2CCCO2)CC2CC2)cc1. The number of hydrogen-bond donors (Lipinski definition) is 0. The van der Waals surface area contributed by atoms with E-state index in [0.29, 0.717) is 24.6 Å². The predicted octanol–water partition coefficient (Wildman–Crippen LogP) is 3.78. The summed E-state index contributed by atoms with van der Waals surface area (Å²) in [5.74, 6) is -0.379. The van der Waals surface area contributed by atoms with Crippen LogP contribution in [0.4, 0.5) is 4.39 Å². The van der Waals surface area contributed by atoms with Crippen molar-refractivity contribution in [3.63, 3.8) is 0 Å². The second-order valence-corrected chi connectivity index (χ2v) is 13.9. The van der Waals surface area contributed by atoms with Gasteiger partial charge in [0.2, 0.25) is 25.0 Å². The maximum absolute atomic E-state index is 14.3. The van der Waals surface area contributed by atoms with Crippen LogP contribution in [0, 0.1) is 11.7 Å². The molecule has 12 heteroatoms. The van der Waals surface area contributed by atoms with E-state index in [2.05, 4.69) is 4.98 Å². The normalized spacial score (nSPS) is 18.1. The quantitative estimate of drug-likeness (QED) is 0.322. The van der Waals surface area contributed by atoms with E-state index >= 15 is 0 Å². The summed E-state index contributed by atoms with van der Waals surface area (Å²) in [5.41, 5.74) is 0.485. The molecule has 1 aromatic heterocycles. The molecule has 0 spiro atoms. The van der Waals surface area contributed by atoms with Crippen molar-refractivity contribution in [2.75, 3.05) is 20.3 Å². The lowest BCUT2D eigenvalue weighted by Crippen LogP contribution is -2.34. The number of rotatable bonds is 12. The first kappa shape index (κ1) is 27.8. The lowest BCUT2D eigenvalue weighted by Gasteiger charge is -2.24. The van der Waals surface area contributed by atoms with Crippen LogP contribution < -0.4 is 4.74 Å². The van der Waals surface area contributed by atoms with Gasteiger partial charge in [-0.1, -0.05) is 18.2 Å². The number of hydrogen-bond acceptors (Lipinski definition) is 7. The highest BCUT2D eigenvalue weighted by atomic mass is 32.2. The summed E-state index contributed by atoms with van der Waals surface area (Å²) in [5, 5.41) is -0.218. The first-order chi connectivity index (χ1) is 18.7. The highest BCUT2D eigenvalue weighted by Gasteiger charge is 2.34. The second-order valence-electron chi connectivity index (χ2n) is 10.0. The Kier molecular flexibility index (Phi) is 8.08. The van der Waals surface area contributed by atoms with Crippen molar-refractivity contribution in [2.24, 2.45) is 5.92 Å². The fourth-order valence-electron chi connectivity index (χ4n) is 4.75. The highest BCUT2D eigenvalue weighted by molar-refractivity contribution is 7.90. The zero-order valence-electron chi connectivity index (χ0n) is 21.7. The van der Waals surface area contributed by atoms with Gasteiger partial charge in [-0.05, 0) is 61.9 Å². The van der Waals surface area contributed by atoms with Crippen molar-refractivity contribution in [3.05, 3.63) is 71.8 Å². The molecule has 39 heavy (non-hydrogen) atoms. The fraction of sp³-hybridized carbons (Fsp3) is 0.444. The summed E-state index contributed by atoms with van der Waals surface area (Å²) < 4.78 is 82.6. The van der Waals surface area contributed by atoms with E-state index < -0.39 is 31.4 Å². The third-order valence-electron chi connectivity index (χ3n) is 7.09. The van der Waals surface area contributed by atoms with Gasteiger partial charge in [-0.3, -0.25) is 0 Å². The molecule has 1 atom stereocenters. The number of nitrogens with zero attached hydrogens (tertiary/aromatic N) is 3. The number of ether oxygens (including phenoxy) is 2. The van der Waals surface area contributed by atoms with E-state index in [-0.39, 0.29) is 40.7 Å². The van der Waals surface area contributed by atoms with Gasteiger partial charge in [-0.2, -0.15) is 4.31 Å². The van der Waals surface area contributed by atoms with Crippen LogP contribution in [-0.2, 0) is 43.4 Å². The van der Waals surface area contributed by atoms with Gasteiger partial charge in [-0.25, -0.2) is 26.2 Å². The van der Waals surface area contributed by atoms with Crippen molar-refractivity contribution in [3.8, 4) is 5.75 Å². The molecule has 1 unspecified atom stereocenters. The average Bonchev–Trinajstić information content (AvgIpc) is 3.41. The molecule has 2 heterocycles. The minimum absolute atomic E-state index is 0.0446. The van der Waals surface area contributed by atoms with E-state index in [1.54, 1.807) is 18.2 Å². The molecule has 0 bridgehead atoms.